The molecule has 1 aromatic heterocycles. The van der Waals surface area contributed by atoms with Crippen LogP contribution in [-0.2, 0) is 6.54 Å². The van der Waals surface area contributed by atoms with E-state index < -0.39 is 6.10 Å². The Labute approximate surface area is 70.5 Å². The zero-order valence-electron chi connectivity index (χ0n) is 6.70. The predicted molar refractivity (Wildman–Crippen MR) is 43.4 cm³/mol. The van der Waals surface area contributed by atoms with Crippen LogP contribution in [0.4, 0.5) is 0 Å². The van der Waals surface area contributed by atoms with E-state index in [1.807, 2.05) is 0 Å². The van der Waals surface area contributed by atoms with E-state index in [1.165, 1.54) is 0 Å². The van der Waals surface area contributed by atoms with Crippen LogP contribution >= 0.6 is 0 Å². The van der Waals surface area contributed by atoms with Crippen molar-refractivity contribution in [1.82, 2.24) is 15.3 Å². The molecule has 0 unspecified atom stereocenters. The predicted octanol–water partition coefficient (Wildman–Crippen LogP) is -1.15. The van der Waals surface area contributed by atoms with Gasteiger partial charge in [-0.2, -0.15) is 0 Å². The maximum absolute atomic E-state index is 8.95. The Balaban J connectivity index is 2.11. The van der Waals surface area contributed by atoms with Crippen molar-refractivity contribution in [2.45, 2.75) is 12.6 Å². The highest BCUT2D eigenvalue weighted by molar-refractivity contribution is 4.93. The zero-order valence-corrected chi connectivity index (χ0v) is 6.70. The average molecular weight is 171 g/mol. The summed E-state index contributed by atoms with van der Waals surface area (Å²) >= 11 is 0. The lowest BCUT2D eigenvalue weighted by Crippen LogP contribution is -2.28. The van der Waals surface area contributed by atoms with Crippen LogP contribution < -0.4 is 5.32 Å². The summed E-state index contributed by atoms with van der Waals surface area (Å²) in [5.41, 5.74) is 0.958. The summed E-state index contributed by atoms with van der Waals surface area (Å²) < 4.78 is 0. The van der Waals surface area contributed by atoms with Crippen molar-refractivity contribution >= 4 is 0 Å². The Kier molecular flexibility index (Phi) is 3.72. The van der Waals surface area contributed by atoms with E-state index in [4.69, 9.17) is 10.2 Å². The van der Waals surface area contributed by atoms with Crippen LogP contribution in [0.5, 0.6) is 0 Å². The molecule has 0 aromatic carbocycles. The van der Waals surface area contributed by atoms with E-state index in [-0.39, 0.29) is 6.61 Å². The number of hydrogen-bond acceptors (Lipinski definition) is 4. The van der Waals surface area contributed by atoms with Crippen molar-refractivity contribution < 1.29 is 10.2 Å². The van der Waals surface area contributed by atoms with Crippen molar-refractivity contribution in [3.8, 4) is 0 Å². The van der Waals surface area contributed by atoms with E-state index in [1.54, 1.807) is 12.5 Å². The van der Waals surface area contributed by atoms with Gasteiger partial charge in [0.1, 0.15) is 0 Å². The van der Waals surface area contributed by atoms with Gasteiger partial charge in [0.15, 0.2) is 0 Å². The molecule has 68 valence electrons. The number of imidazole rings is 1. The molecule has 1 atom stereocenters. The topological polar surface area (TPSA) is 81.2 Å². The third-order valence-corrected chi connectivity index (χ3v) is 1.46. The molecule has 0 aliphatic carbocycles. The van der Waals surface area contributed by atoms with Gasteiger partial charge in [-0.25, -0.2) is 4.98 Å². The van der Waals surface area contributed by atoms with E-state index >= 15 is 0 Å². The SMILES string of the molecule is OC[C@H](O)CNCc1cnc[nH]1. The smallest absolute Gasteiger partial charge is 0.0922 e. The minimum atomic E-state index is -0.687. The lowest BCUT2D eigenvalue weighted by Gasteiger charge is -2.06. The third-order valence-electron chi connectivity index (χ3n) is 1.46. The fourth-order valence-electron chi connectivity index (χ4n) is 0.819. The van der Waals surface area contributed by atoms with E-state index in [0.717, 1.165) is 5.69 Å². The fourth-order valence-corrected chi connectivity index (χ4v) is 0.819. The number of aliphatic hydroxyl groups excluding tert-OH is 2. The molecule has 1 heterocycles. The molecule has 0 amide bonds. The second-order valence-corrected chi connectivity index (χ2v) is 2.54. The molecule has 4 N–H and O–H groups in total. The molecule has 1 aromatic rings. The van der Waals surface area contributed by atoms with Gasteiger partial charge in [-0.1, -0.05) is 0 Å². The molecule has 5 heteroatoms. The number of aromatic nitrogens is 2. The maximum Gasteiger partial charge on any atom is 0.0922 e. The fraction of sp³-hybridized carbons (Fsp3) is 0.571. The van der Waals surface area contributed by atoms with Crippen molar-refractivity contribution in [3.05, 3.63) is 18.2 Å². The van der Waals surface area contributed by atoms with Crippen LogP contribution in [0, 0.1) is 0 Å². The minimum Gasteiger partial charge on any atom is -0.394 e. The van der Waals surface area contributed by atoms with Crippen molar-refractivity contribution in [3.63, 3.8) is 0 Å². The van der Waals surface area contributed by atoms with Crippen molar-refractivity contribution in [2.75, 3.05) is 13.2 Å². The number of H-pyrrole nitrogens is 1. The van der Waals surface area contributed by atoms with Crippen LogP contribution in [0.1, 0.15) is 5.69 Å². The van der Waals surface area contributed by atoms with Crippen LogP contribution in [-0.4, -0.2) is 39.4 Å². The summed E-state index contributed by atoms with van der Waals surface area (Å²) in [4.78, 5) is 6.74. The van der Waals surface area contributed by atoms with Crippen LogP contribution in [0.25, 0.3) is 0 Å². The molecular weight excluding hydrogens is 158 g/mol. The first kappa shape index (κ1) is 9.18. The highest BCUT2D eigenvalue weighted by Crippen LogP contribution is 1.88. The van der Waals surface area contributed by atoms with Crippen molar-refractivity contribution in [1.29, 1.82) is 0 Å². The molecule has 12 heavy (non-hydrogen) atoms. The molecule has 1 rings (SSSR count). The van der Waals surface area contributed by atoms with Gasteiger partial charge in [0.05, 0.1) is 19.0 Å². The Morgan fingerprint density at radius 1 is 1.67 bits per heavy atom. The molecule has 0 spiro atoms. The summed E-state index contributed by atoms with van der Waals surface area (Å²) in [6.45, 7) is 0.794. The Bertz CT molecular complexity index is 200. The Morgan fingerprint density at radius 3 is 3.08 bits per heavy atom. The van der Waals surface area contributed by atoms with Gasteiger partial charge in [-0.05, 0) is 0 Å². The Hall–Kier alpha value is -0.910. The number of rotatable bonds is 5. The molecule has 0 aliphatic heterocycles. The zero-order chi connectivity index (χ0) is 8.81. The van der Waals surface area contributed by atoms with Crippen LogP contribution in [0.2, 0.25) is 0 Å². The number of aliphatic hydroxyl groups is 2. The number of nitrogens with one attached hydrogen (secondary N) is 2. The van der Waals surface area contributed by atoms with Gasteiger partial charge >= 0.3 is 0 Å². The molecule has 0 bridgehead atoms. The second-order valence-electron chi connectivity index (χ2n) is 2.54. The monoisotopic (exact) mass is 171 g/mol. The Morgan fingerprint density at radius 2 is 2.50 bits per heavy atom. The first-order valence-corrected chi connectivity index (χ1v) is 3.80. The maximum atomic E-state index is 8.95. The summed E-state index contributed by atoms with van der Waals surface area (Å²) in [7, 11) is 0. The molecule has 0 saturated carbocycles. The van der Waals surface area contributed by atoms with Crippen molar-refractivity contribution in [2.24, 2.45) is 0 Å². The quantitative estimate of drug-likeness (QED) is 0.451. The first-order chi connectivity index (χ1) is 5.83. The summed E-state index contributed by atoms with van der Waals surface area (Å²) in [5, 5.41) is 20.4. The highest BCUT2D eigenvalue weighted by atomic mass is 16.3. The summed E-state index contributed by atoms with van der Waals surface area (Å²) in [6, 6.07) is 0. The molecule has 0 aliphatic rings. The molecular formula is C7H13N3O2. The minimum absolute atomic E-state index is 0.212. The highest BCUT2D eigenvalue weighted by Gasteiger charge is 2.00. The standard InChI is InChI=1S/C7H13N3O2/c11-4-7(12)3-8-1-6-2-9-5-10-6/h2,5,7-8,11-12H,1,3-4H2,(H,9,10)/t7-/m1/s1. The van der Waals surface area contributed by atoms with Gasteiger partial charge in [0.2, 0.25) is 0 Å². The second kappa shape index (κ2) is 4.87. The van der Waals surface area contributed by atoms with Crippen LogP contribution in [0.15, 0.2) is 12.5 Å². The lowest BCUT2D eigenvalue weighted by atomic mass is 10.3. The molecule has 5 nitrogen and oxygen atoms in total. The normalized spacial score (nSPS) is 13.2. The van der Waals surface area contributed by atoms with Crippen LogP contribution in [0.3, 0.4) is 0 Å². The number of hydrogen-bond donors (Lipinski definition) is 4. The number of nitrogens with zero attached hydrogens (tertiary/aromatic N) is 1. The largest absolute Gasteiger partial charge is 0.394 e. The third kappa shape index (κ3) is 3.00. The lowest BCUT2D eigenvalue weighted by molar-refractivity contribution is 0.0941. The average Bonchev–Trinajstić information content (AvgIpc) is 2.57. The van der Waals surface area contributed by atoms with Gasteiger partial charge < -0.3 is 20.5 Å². The molecule has 0 fully saturated rings. The molecule has 0 radical (unpaired) electrons. The van der Waals surface area contributed by atoms with Gasteiger partial charge in [-0.15, -0.1) is 0 Å². The molecule has 0 saturated heterocycles. The summed E-state index contributed by atoms with van der Waals surface area (Å²) in [5.74, 6) is 0. The number of aromatic amines is 1. The van der Waals surface area contributed by atoms with E-state index in [2.05, 4.69) is 15.3 Å². The van der Waals surface area contributed by atoms with Gasteiger partial charge in [0, 0.05) is 25.0 Å². The van der Waals surface area contributed by atoms with Gasteiger partial charge in [-0.3, -0.25) is 0 Å². The van der Waals surface area contributed by atoms with Gasteiger partial charge in [0.25, 0.3) is 0 Å². The van der Waals surface area contributed by atoms with E-state index in [9.17, 15) is 0 Å². The van der Waals surface area contributed by atoms with E-state index in [0.29, 0.717) is 13.1 Å². The first-order valence-electron chi connectivity index (χ1n) is 3.80. The summed E-state index contributed by atoms with van der Waals surface area (Å²) in [6.07, 6.45) is 2.62.